The molecule has 0 aromatic carbocycles. The lowest BCUT2D eigenvalue weighted by molar-refractivity contribution is 0.0236. The fourth-order valence-corrected chi connectivity index (χ4v) is 1.17. The zero-order valence-electron chi connectivity index (χ0n) is 11.6. The Morgan fingerprint density at radius 3 is 2.50 bits per heavy atom. The fraction of sp³-hybridized carbons (Fsp3) is 0.833. The van der Waals surface area contributed by atoms with Crippen molar-refractivity contribution in [3.63, 3.8) is 0 Å². The Labute approximate surface area is 108 Å². The molecule has 1 aromatic heterocycles. The van der Waals surface area contributed by atoms with Gasteiger partial charge in [-0.15, -0.1) is 0 Å². The monoisotopic (exact) mass is 257 g/mol. The van der Waals surface area contributed by atoms with Crippen molar-refractivity contribution in [3.8, 4) is 0 Å². The van der Waals surface area contributed by atoms with Crippen LogP contribution >= 0.6 is 0 Å². The summed E-state index contributed by atoms with van der Waals surface area (Å²) in [6, 6.07) is 0. The predicted molar refractivity (Wildman–Crippen MR) is 66.8 cm³/mol. The molecule has 0 amide bonds. The van der Waals surface area contributed by atoms with Gasteiger partial charge in [0.1, 0.15) is 6.61 Å². The average molecular weight is 257 g/mol. The van der Waals surface area contributed by atoms with Gasteiger partial charge in [-0.3, -0.25) is 0 Å². The standard InChI is InChI=1S/C12H23N3O3/c1-9(2)7-16-5-6-17-8-10-14-11(15-18-10)12(3,4)13/h9H,5-8,13H2,1-4H3. The molecule has 2 N–H and O–H groups in total. The molecule has 0 saturated heterocycles. The van der Waals surface area contributed by atoms with E-state index in [-0.39, 0.29) is 6.61 Å². The third kappa shape index (κ3) is 5.57. The number of hydrogen-bond acceptors (Lipinski definition) is 6. The molecule has 0 radical (unpaired) electrons. The minimum atomic E-state index is -0.595. The van der Waals surface area contributed by atoms with Crippen molar-refractivity contribution < 1.29 is 14.0 Å². The van der Waals surface area contributed by atoms with Gasteiger partial charge in [0.2, 0.25) is 0 Å². The van der Waals surface area contributed by atoms with Crippen LogP contribution in [0.5, 0.6) is 0 Å². The molecule has 1 rings (SSSR count). The smallest absolute Gasteiger partial charge is 0.252 e. The molecular formula is C12H23N3O3. The number of hydrogen-bond donors (Lipinski definition) is 1. The molecule has 0 atom stereocenters. The second kappa shape index (κ2) is 6.82. The van der Waals surface area contributed by atoms with Gasteiger partial charge in [-0.05, 0) is 19.8 Å². The van der Waals surface area contributed by atoms with E-state index >= 15 is 0 Å². The van der Waals surface area contributed by atoms with E-state index < -0.39 is 5.54 Å². The molecule has 1 heterocycles. The predicted octanol–water partition coefficient (Wildman–Crippen LogP) is 1.45. The summed E-state index contributed by atoms with van der Waals surface area (Å²) < 4.78 is 15.8. The van der Waals surface area contributed by atoms with E-state index in [1.165, 1.54) is 0 Å². The lowest BCUT2D eigenvalue weighted by Gasteiger charge is -2.11. The molecule has 1 aromatic rings. The van der Waals surface area contributed by atoms with Crippen LogP contribution in [0.15, 0.2) is 4.52 Å². The SMILES string of the molecule is CC(C)COCCOCc1nc(C(C)(C)N)no1. The van der Waals surface area contributed by atoms with E-state index in [1.54, 1.807) is 0 Å². The average Bonchev–Trinajstić information content (AvgIpc) is 2.71. The van der Waals surface area contributed by atoms with Crippen LogP contribution in [0.3, 0.4) is 0 Å². The van der Waals surface area contributed by atoms with Crippen LogP contribution in [0.2, 0.25) is 0 Å². The molecule has 0 aliphatic heterocycles. The van der Waals surface area contributed by atoms with E-state index in [4.69, 9.17) is 19.7 Å². The second-order valence-electron chi connectivity index (χ2n) is 5.25. The molecule has 6 heteroatoms. The summed E-state index contributed by atoms with van der Waals surface area (Å²) in [5.74, 6) is 1.46. The first kappa shape index (κ1) is 15.1. The highest BCUT2D eigenvalue weighted by atomic mass is 16.5. The van der Waals surface area contributed by atoms with Gasteiger partial charge in [0.15, 0.2) is 5.82 Å². The maximum absolute atomic E-state index is 5.85. The third-order valence-corrected chi connectivity index (χ3v) is 2.09. The molecule has 18 heavy (non-hydrogen) atoms. The molecule has 0 aliphatic rings. The lowest BCUT2D eigenvalue weighted by Crippen LogP contribution is -2.30. The Hall–Kier alpha value is -0.980. The molecule has 0 bridgehead atoms. The molecule has 0 saturated carbocycles. The largest absolute Gasteiger partial charge is 0.379 e. The summed E-state index contributed by atoms with van der Waals surface area (Å²) >= 11 is 0. The maximum Gasteiger partial charge on any atom is 0.252 e. The van der Waals surface area contributed by atoms with Crippen LogP contribution in [0.1, 0.15) is 39.4 Å². The van der Waals surface area contributed by atoms with Gasteiger partial charge >= 0.3 is 0 Å². The minimum Gasteiger partial charge on any atom is -0.379 e. The first-order valence-corrected chi connectivity index (χ1v) is 6.17. The number of rotatable bonds is 8. The number of ether oxygens (including phenoxy) is 2. The maximum atomic E-state index is 5.85. The van der Waals surface area contributed by atoms with E-state index in [9.17, 15) is 0 Å². The quantitative estimate of drug-likeness (QED) is 0.710. The Kier molecular flexibility index (Phi) is 5.71. The first-order chi connectivity index (χ1) is 8.39. The second-order valence-corrected chi connectivity index (χ2v) is 5.25. The van der Waals surface area contributed by atoms with Crippen LogP contribution in [0, 0.1) is 5.92 Å². The molecule has 6 nitrogen and oxygen atoms in total. The molecule has 0 spiro atoms. The number of nitrogens with zero attached hydrogens (tertiary/aromatic N) is 2. The van der Waals surface area contributed by atoms with Gasteiger partial charge in [0, 0.05) is 6.61 Å². The molecule has 104 valence electrons. The van der Waals surface area contributed by atoms with Crippen LogP contribution in [0.4, 0.5) is 0 Å². The van der Waals surface area contributed by atoms with Gasteiger partial charge in [-0.2, -0.15) is 4.98 Å². The Bertz CT molecular complexity index is 345. The summed E-state index contributed by atoms with van der Waals surface area (Å²) in [5, 5.41) is 3.80. The molecular weight excluding hydrogens is 234 g/mol. The summed E-state index contributed by atoms with van der Waals surface area (Å²) in [6.45, 7) is 9.97. The van der Waals surface area contributed by atoms with Crippen molar-refractivity contribution in [2.45, 2.75) is 39.8 Å². The lowest BCUT2D eigenvalue weighted by atomic mass is 10.1. The van der Waals surface area contributed by atoms with Crippen LogP contribution in [0.25, 0.3) is 0 Å². The molecule has 0 fully saturated rings. The van der Waals surface area contributed by atoms with E-state index in [0.29, 0.717) is 30.8 Å². The highest BCUT2D eigenvalue weighted by Crippen LogP contribution is 2.12. The number of nitrogens with two attached hydrogens (primary N) is 1. The number of aromatic nitrogens is 2. The summed E-state index contributed by atoms with van der Waals surface area (Å²) in [6.07, 6.45) is 0. The highest BCUT2D eigenvalue weighted by Gasteiger charge is 2.21. The molecule has 0 unspecified atom stereocenters. The fourth-order valence-electron chi connectivity index (χ4n) is 1.17. The Morgan fingerprint density at radius 1 is 1.28 bits per heavy atom. The summed E-state index contributed by atoms with van der Waals surface area (Å²) in [4.78, 5) is 4.16. The minimum absolute atomic E-state index is 0.286. The van der Waals surface area contributed by atoms with Crippen molar-refractivity contribution in [3.05, 3.63) is 11.7 Å². The van der Waals surface area contributed by atoms with E-state index in [2.05, 4.69) is 24.0 Å². The Morgan fingerprint density at radius 2 is 1.94 bits per heavy atom. The Balaban J connectivity index is 2.18. The van der Waals surface area contributed by atoms with E-state index in [0.717, 1.165) is 6.61 Å². The molecule has 0 aliphatic carbocycles. The van der Waals surface area contributed by atoms with Crippen molar-refractivity contribution in [2.75, 3.05) is 19.8 Å². The van der Waals surface area contributed by atoms with Crippen molar-refractivity contribution >= 4 is 0 Å². The van der Waals surface area contributed by atoms with Gasteiger partial charge in [-0.1, -0.05) is 19.0 Å². The zero-order chi connectivity index (χ0) is 13.6. The van der Waals surface area contributed by atoms with Crippen molar-refractivity contribution in [2.24, 2.45) is 11.7 Å². The summed E-state index contributed by atoms with van der Waals surface area (Å²) in [5.41, 5.74) is 5.25. The van der Waals surface area contributed by atoms with E-state index in [1.807, 2.05) is 13.8 Å². The van der Waals surface area contributed by atoms with Gasteiger partial charge in [0.25, 0.3) is 5.89 Å². The third-order valence-electron chi connectivity index (χ3n) is 2.09. The van der Waals surface area contributed by atoms with Crippen LogP contribution < -0.4 is 5.73 Å². The van der Waals surface area contributed by atoms with Crippen LogP contribution in [-0.4, -0.2) is 30.0 Å². The van der Waals surface area contributed by atoms with Gasteiger partial charge in [0.05, 0.1) is 18.8 Å². The van der Waals surface area contributed by atoms with Gasteiger partial charge in [-0.25, -0.2) is 0 Å². The topological polar surface area (TPSA) is 83.4 Å². The first-order valence-electron chi connectivity index (χ1n) is 6.17. The normalized spacial score (nSPS) is 12.3. The van der Waals surface area contributed by atoms with Crippen molar-refractivity contribution in [1.29, 1.82) is 0 Å². The highest BCUT2D eigenvalue weighted by molar-refractivity contribution is 4.98. The van der Waals surface area contributed by atoms with Crippen LogP contribution in [-0.2, 0) is 21.6 Å². The van der Waals surface area contributed by atoms with Crippen molar-refractivity contribution in [1.82, 2.24) is 10.1 Å². The summed E-state index contributed by atoms with van der Waals surface area (Å²) in [7, 11) is 0. The zero-order valence-corrected chi connectivity index (χ0v) is 11.6. The van der Waals surface area contributed by atoms with Gasteiger partial charge < -0.3 is 19.7 Å².